The molecular weight excluding hydrogens is 324 g/mol. The van der Waals surface area contributed by atoms with Crippen LogP contribution in [0.3, 0.4) is 0 Å². The number of hydrogen-bond donors (Lipinski definition) is 1. The van der Waals surface area contributed by atoms with E-state index in [4.69, 9.17) is 14.5 Å². The van der Waals surface area contributed by atoms with E-state index in [1.54, 1.807) is 17.5 Å². The van der Waals surface area contributed by atoms with Gasteiger partial charge in [-0.15, -0.1) is 11.3 Å². The van der Waals surface area contributed by atoms with Gasteiger partial charge in [0.05, 0.1) is 12.2 Å². The van der Waals surface area contributed by atoms with Crippen LogP contribution in [0.5, 0.6) is 11.5 Å². The number of rotatable bonds is 6. The molecule has 1 N–H and O–H groups in total. The zero-order valence-corrected chi connectivity index (χ0v) is 14.1. The predicted molar refractivity (Wildman–Crippen MR) is 92.2 cm³/mol. The molecule has 0 saturated heterocycles. The minimum absolute atomic E-state index is 0.292. The molecule has 0 aliphatic carbocycles. The van der Waals surface area contributed by atoms with E-state index in [0.717, 1.165) is 40.9 Å². The van der Waals surface area contributed by atoms with Crippen LogP contribution in [-0.2, 0) is 13.1 Å². The first-order valence-electron chi connectivity index (χ1n) is 7.83. The SMILES string of the molecule is C[C@H](Cn1cccn1)NCc1csc(-c2ccc3c(c2)OCO3)n1. The minimum Gasteiger partial charge on any atom is -0.454 e. The van der Waals surface area contributed by atoms with Crippen molar-refractivity contribution in [2.45, 2.75) is 26.1 Å². The van der Waals surface area contributed by atoms with Gasteiger partial charge in [0.25, 0.3) is 0 Å². The molecular formula is C17H18N4O2S. The largest absolute Gasteiger partial charge is 0.454 e. The lowest BCUT2D eigenvalue weighted by molar-refractivity contribution is 0.174. The van der Waals surface area contributed by atoms with Gasteiger partial charge in [-0.05, 0) is 31.2 Å². The van der Waals surface area contributed by atoms with E-state index < -0.39 is 0 Å². The van der Waals surface area contributed by atoms with Crippen molar-refractivity contribution < 1.29 is 9.47 Å². The lowest BCUT2D eigenvalue weighted by atomic mass is 10.2. The van der Waals surface area contributed by atoms with Crippen molar-refractivity contribution in [3.63, 3.8) is 0 Å². The Labute approximate surface area is 144 Å². The summed E-state index contributed by atoms with van der Waals surface area (Å²) in [5, 5.41) is 10.8. The van der Waals surface area contributed by atoms with Gasteiger partial charge < -0.3 is 14.8 Å². The number of thiazole rings is 1. The van der Waals surface area contributed by atoms with Crippen molar-refractivity contribution in [3.8, 4) is 22.1 Å². The molecule has 0 unspecified atom stereocenters. The number of benzene rings is 1. The van der Waals surface area contributed by atoms with Crippen LogP contribution >= 0.6 is 11.3 Å². The topological polar surface area (TPSA) is 61.2 Å². The van der Waals surface area contributed by atoms with E-state index in [1.165, 1.54) is 0 Å². The average Bonchev–Trinajstić information content (AvgIpc) is 3.33. The van der Waals surface area contributed by atoms with Gasteiger partial charge in [0.15, 0.2) is 11.5 Å². The van der Waals surface area contributed by atoms with Gasteiger partial charge in [0.1, 0.15) is 5.01 Å². The molecule has 0 bridgehead atoms. The molecule has 4 rings (SSSR count). The zero-order valence-electron chi connectivity index (χ0n) is 13.3. The molecule has 24 heavy (non-hydrogen) atoms. The molecule has 1 aliphatic heterocycles. The van der Waals surface area contributed by atoms with Crippen LogP contribution in [0.4, 0.5) is 0 Å². The first kappa shape index (κ1) is 15.2. The molecule has 1 atom stereocenters. The zero-order chi connectivity index (χ0) is 16.4. The Balaban J connectivity index is 1.38. The van der Waals surface area contributed by atoms with Crippen LogP contribution in [0.25, 0.3) is 10.6 Å². The van der Waals surface area contributed by atoms with Crippen LogP contribution in [0.15, 0.2) is 42.0 Å². The van der Waals surface area contributed by atoms with Crippen LogP contribution in [0, 0.1) is 0 Å². The van der Waals surface area contributed by atoms with E-state index >= 15 is 0 Å². The molecule has 6 nitrogen and oxygen atoms in total. The highest BCUT2D eigenvalue weighted by Crippen LogP contribution is 2.36. The lowest BCUT2D eigenvalue weighted by Gasteiger charge is -2.12. The summed E-state index contributed by atoms with van der Waals surface area (Å²) in [4.78, 5) is 4.71. The molecule has 1 aliphatic rings. The highest BCUT2D eigenvalue weighted by atomic mass is 32.1. The van der Waals surface area contributed by atoms with E-state index in [-0.39, 0.29) is 0 Å². The molecule has 0 fully saturated rings. The molecule has 1 aromatic carbocycles. The van der Waals surface area contributed by atoms with Gasteiger partial charge in [-0.25, -0.2) is 4.98 Å². The Kier molecular flexibility index (Phi) is 4.18. The van der Waals surface area contributed by atoms with Gasteiger partial charge in [0.2, 0.25) is 6.79 Å². The number of aromatic nitrogens is 3. The van der Waals surface area contributed by atoms with Crippen LogP contribution in [-0.4, -0.2) is 27.6 Å². The van der Waals surface area contributed by atoms with Crippen LogP contribution in [0.1, 0.15) is 12.6 Å². The molecule has 0 radical (unpaired) electrons. The van der Waals surface area contributed by atoms with Crippen molar-refractivity contribution in [2.75, 3.05) is 6.79 Å². The fourth-order valence-corrected chi connectivity index (χ4v) is 3.40. The second-order valence-electron chi connectivity index (χ2n) is 5.72. The molecule has 0 spiro atoms. The van der Waals surface area contributed by atoms with E-state index in [9.17, 15) is 0 Å². The van der Waals surface area contributed by atoms with Gasteiger partial charge in [-0.2, -0.15) is 5.10 Å². The Bertz CT molecular complexity index is 816. The fourth-order valence-electron chi connectivity index (χ4n) is 2.58. The van der Waals surface area contributed by atoms with Gasteiger partial charge >= 0.3 is 0 Å². The van der Waals surface area contributed by atoms with Crippen molar-refractivity contribution in [1.82, 2.24) is 20.1 Å². The number of fused-ring (bicyclic) bond motifs is 1. The summed E-state index contributed by atoms with van der Waals surface area (Å²) in [6, 6.07) is 8.19. The summed E-state index contributed by atoms with van der Waals surface area (Å²) in [6.07, 6.45) is 3.77. The maximum absolute atomic E-state index is 5.43. The summed E-state index contributed by atoms with van der Waals surface area (Å²) >= 11 is 1.64. The van der Waals surface area contributed by atoms with Crippen LogP contribution < -0.4 is 14.8 Å². The van der Waals surface area contributed by atoms with Crippen molar-refractivity contribution in [3.05, 3.63) is 47.7 Å². The van der Waals surface area contributed by atoms with Crippen molar-refractivity contribution in [1.29, 1.82) is 0 Å². The Morgan fingerprint density at radius 2 is 2.25 bits per heavy atom. The van der Waals surface area contributed by atoms with E-state index in [1.807, 2.05) is 35.1 Å². The lowest BCUT2D eigenvalue weighted by Crippen LogP contribution is -2.30. The molecule has 2 aromatic heterocycles. The average molecular weight is 342 g/mol. The predicted octanol–water partition coefficient (Wildman–Crippen LogP) is 2.91. The van der Waals surface area contributed by atoms with Gasteiger partial charge in [-0.3, -0.25) is 4.68 Å². The summed E-state index contributed by atoms with van der Waals surface area (Å²) < 4.78 is 12.7. The molecule has 3 heterocycles. The van der Waals surface area contributed by atoms with Crippen molar-refractivity contribution >= 4 is 11.3 Å². The molecule has 124 valence electrons. The monoisotopic (exact) mass is 342 g/mol. The van der Waals surface area contributed by atoms with Gasteiger partial charge in [0, 0.05) is 35.9 Å². The Morgan fingerprint density at radius 3 is 3.12 bits per heavy atom. The second kappa shape index (κ2) is 6.62. The minimum atomic E-state index is 0.292. The first-order chi connectivity index (χ1) is 11.8. The quantitative estimate of drug-likeness (QED) is 0.746. The number of nitrogens with zero attached hydrogens (tertiary/aromatic N) is 3. The highest BCUT2D eigenvalue weighted by molar-refractivity contribution is 7.13. The fraction of sp³-hybridized carbons (Fsp3) is 0.294. The van der Waals surface area contributed by atoms with Crippen molar-refractivity contribution in [2.24, 2.45) is 0 Å². The number of nitrogens with one attached hydrogen (secondary N) is 1. The number of ether oxygens (including phenoxy) is 2. The van der Waals surface area contributed by atoms with Crippen LogP contribution in [0.2, 0.25) is 0 Å². The third-order valence-corrected chi connectivity index (χ3v) is 4.76. The summed E-state index contributed by atoms with van der Waals surface area (Å²) in [5.74, 6) is 1.58. The van der Waals surface area contributed by atoms with Gasteiger partial charge in [-0.1, -0.05) is 0 Å². The summed E-state index contributed by atoms with van der Waals surface area (Å²) in [5.41, 5.74) is 2.10. The Hall–Kier alpha value is -2.38. The molecule has 0 amide bonds. The summed E-state index contributed by atoms with van der Waals surface area (Å²) in [6.45, 7) is 4.02. The van der Waals surface area contributed by atoms with E-state index in [2.05, 4.69) is 22.7 Å². The maximum atomic E-state index is 5.43. The second-order valence-corrected chi connectivity index (χ2v) is 6.58. The van der Waals surface area contributed by atoms with E-state index in [0.29, 0.717) is 12.8 Å². The molecule has 3 aromatic rings. The third kappa shape index (κ3) is 3.27. The standard InChI is InChI=1S/C17H18N4O2S/c1-12(9-21-6-2-5-19-21)18-8-14-10-24-17(20-14)13-3-4-15-16(7-13)23-11-22-15/h2-7,10,12,18H,8-9,11H2,1H3/t12-/m1/s1. The summed E-state index contributed by atoms with van der Waals surface area (Å²) in [7, 11) is 0. The maximum Gasteiger partial charge on any atom is 0.231 e. The smallest absolute Gasteiger partial charge is 0.231 e. The molecule has 0 saturated carbocycles. The Morgan fingerprint density at radius 1 is 1.33 bits per heavy atom. The third-order valence-electron chi connectivity index (χ3n) is 3.82. The normalized spacial score (nSPS) is 14.0. The number of hydrogen-bond acceptors (Lipinski definition) is 6. The molecule has 7 heteroatoms. The highest BCUT2D eigenvalue weighted by Gasteiger charge is 2.15. The first-order valence-corrected chi connectivity index (χ1v) is 8.71.